The SMILES string of the molecule is CCOC1C(Br)CC1Oc1ccccc1Br. The Morgan fingerprint density at radius 3 is 2.75 bits per heavy atom. The number of halogens is 2. The first-order valence-electron chi connectivity index (χ1n) is 5.39. The highest BCUT2D eigenvalue weighted by atomic mass is 79.9. The topological polar surface area (TPSA) is 18.5 Å². The number of ether oxygens (including phenoxy) is 2. The summed E-state index contributed by atoms with van der Waals surface area (Å²) in [5.74, 6) is 0.886. The summed E-state index contributed by atoms with van der Waals surface area (Å²) in [4.78, 5) is 0.417. The first-order chi connectivity index (χ1) is 7.72. The highest BCUT2D eigenvalue weighted by Gasteiger charge is 2.42. The van der Waals surface area contributed by atoms with E-state index in [1.54, 1.807) is 0 Å². The van der Waals surface area contributed by atoms with Gasteiger partial charge >= 0.3 is 0 Å². The molecule has 0 aliphatic heterocycles. The third kappa shape index (κ3) is 2.60. The number of hydrogen-bond acceptors (Lipinski definition) is 2. The molecule has 1 aromatic rings. The van der Waals surface area contributed by atoms with Crippen molar-refractivity contribution in [3.63, 3.8) is 0 Å². The van der Waals surface area contributed by atoms with Crippen molar-refractivity contribution in [3.05, 3.63) is 28.7 Å². The smallest absolute Gasteiger partial charge is 0.134 e. The Morgan fingerprint density at radius 1 is 1.38 bits per heavy atom. The zero-order valence-corrected chi connectivity index (χ0v) is 12.2. The van der Waals surface area contributed by atoms with Crippen LogP contribution in [0.15, 0.2) is 28.7 Å². The highest BCUT2D eigenvalue weighted by molar-refractivity contribution is 9.10. The molecule has 1 aromatic carbocycles. The minimum Gasteiger partial charge on any atom is -0.486 e. The average Bonchev–Trinajstić information content (AvgIpc) is 2.28. The first-order valence-corrected chi connectivity index (χ1v) is 7.10. The van der Waals surface area contributed by atoms with Crippen LogP contribution in [0.2, 0.25) is 0 Å². The van der Waals surface area contributed by atoms with Gasteiger partial charge in [0.25, 0.3) is 0 Å². The monoisotopic (exact) mass is 348 g/mol. The largest absolute Gasteiger partial charge is 0.486 e. The van der Waals surface area contributed by atoms with Gasteiger partial charge in [0.05, 0.1) is 4.47 Å². The fourth-order valence-electron chi connectivity index (χ4n) is 1.75. The molecule has 88 valence electrons. The minimum absolute atomic E-state index is 0.156. The van der Waals surface area contributed by atoms with Crippen molar-refractivity contribution in [2.45, 2.75) is 30.4 Å². The number of alkyl halides is 1. The maximum Gasteiger partial charge on any atom is 0.134 e. The lowest BCUT2D eigenvalue weighted by atomic mass is 9.91. The summed E-state index contributed by atoms with van der Waals surface area (Å²) in [6.07, 6.45) is 1.31. The van der Waals surface area contributed by atoms with Gasteiger partial charge in [0.15, 0.2) is 0 Å². The molecule has 0 aromatic heterocycles. The molecule has 1 aliphatic rings. The molecule has 1 saturated carbocycles. The Bertz CT molecular complexity index is 357. The molecule has 0 heterocycles. The van der Waals surface area contributed by atoms with Crippen molar-refractivity contribution >= 4 is 31.9 Å². The van der Waals surface area contributed by atoms with E-state index in [2.05, 4.69) is 31.9 Å². The molecule has 2 nitrogen and oxygen atoms in total. The summed E-state index contributed by atoms with van der Waals surface area (Å²) >= 11 is 7.06. The summed E-state index contributed by atoms with van der Waals surface area (Å²) in [5, 5.41) is 0. The molecule has 0 radical (unpaired) electrons. The van der Waals surface area contributed by atoms with Gasteiger partial charge in [-0.05, 0) is 35.0 Å². The molecule has 1 fully saturated rings. The van der Waals surface area contributed by atoms with Crippen LogP contribution >= 0.6 is 31.9 Å². The van der Waals surface area contributed by atoms with Crippen molar-refractivity contribution < 1.29 is 9.47 Å². The lowest BCUT2D eigenvalue weighted by Gasteiger charge is -2.40. The van der Waals surface area contributed by atoms with Gasteiger partial charge in [-0.2, -0.15) is 0 Å². The molecule has 0 amide bonds. The zero-order valence-electron chi connectivity index (χ0n) is 9.03. The summed E-state index contributed by atoms with van der Waals surface area (Å²) in [7, 11) is 0. The Balaban J connectivity index is 1.98. The maximum atomic E-state index is 5.91. The second kappa shape index (κ2) is 5.52. The predicted octanol–water partition coefficient (Wildman–Crippen LogP) is 3.77. The van der Waals surface area contributed by atoms with Crippen LogP contribution in [0.5, 0.6) is 5.75 Å². The molecule has 0 N–H and O–H groups in total. The van der Waals surface area contributed by atoms with Crippen LogP contribution in [0.3, 0.4) is 0 Å². The zero-order chi connectivity index (χ0) is 11.5. The normalized spacial score (nSPS) is 28.6. The quantitative estimate of drug-likeness (QED) is 0.770. The van der Waals surface area contributed by atoms with Crippen LogP contribution in [-0.2, 0) is 4.74 Å². The van der Waals surface area contributed by atoms with Gasteiger partial charge in [-0.15, -0.1) is 0 Å². The summed E-state index contributed by atoms with van der Waals surface area (Å²) in [6.45, 7) is 2.73. The third-order valence-corrected chi connectivity index (χ3v) is 4.20. The lowest BCUT2D eigenvalue weighted by Crippen LogP contribution is -2.52. The molecule has 0 spiro atoms. The van der Waals surface area contributed by atoms with Crippen molar-refractivity contribution in [3.8, 4) is 5.75 Å². The molecule has 1 aliphatic carbocycles. The van der Waals surface area contributed by atoms with Crippen LogP contribution in [0.25, 0.3) is 0 Å². The Hall–Kier alpha value is -0.0600. The fourth-order valence-corrected chi connectivity index (χ4v) is 2.99. The minimum atomic E-state index is 0.156. The average molecular weight is 350 g/mol. The Kier molecular flexibility index (Phi) is 4.27. The molecule has 0 saturated heterocycles. The third-order valence-electron chi connectivity index (χ3n) is 2.65. The molecule has 2 rings (SSSR count). The second-order valence-electron chi connectivity index (χ2n) is 3.76. The van der Waals surface area contributed by atoms with Crippen LogP contribution in [0.1, 0.15) is 13.3 Å². The number of rotatable bonds is 4. The van der Waals surface area contributed by atoms with Crippen molar-refractivity contribution in [1.82, 2.24) is 0 Å². The van der Waals surface area contributed by atoms with Crippen molar-refractivity contribution in [2.24, 2.45) is 0 Å². The number of hydrogen-bond donors (Lipinski definition) is 0. The van der Waals surface area contributed by atoms with Gasteiger partial charge in [0.1, 0.15) is 18.0 Å². The molecule has 3 atom stereocenters. The number of para-hydroxylation sites is 1. The van der Waals surface area contributed by atoms with Crippen LogP contribution in [0.4, 0.5) is 0 Å². The van der Waals surface area contributed by atoms with Crippen molar-refractivity contribution in [1.29, 1.82) is 0 Å². The van der Waals surface area contributed by atoms with Gasteiger partial charge in [-0.25, -0.2) is 0 Å². The molecular formula is C12H14Br2O2. The Labute approximate surface area is 113 Å². The van der Waals surface area contributed by atoms with E-state index in [1.165, 1.54) is 0 Å². The summed E-state index contributed by atoms with van der Waals surface area (Å²) in [5.41, 5.74) is 0. The fraction of sp³-hybridized carbons (Fsp3) is 0.500. The van der Waals surface area contributed by atoms with Crippen LogP contribution in [-0.4, -0.2) is 23.6 Å². The van der Waals surface area contributed by atoms with E-state index in [1.807, 2.05) is 31.2 Å². The Morgan fingerprint density at radius 2 is 2.12 bits per heavy atom. The van der Waals surface area contributed by atoms with E-state index >= 15 is 0 Å². The van der Waals surface area contributed by atoms with Crippen LogP contribution < -0.4 is 4.74 Å². The molecule has 3 unspecified atom stereocenters. The van der Waals surface area contributed by atoms with Gasteiger partial charge in [-0.3, -0.25) is 0 Å². The molecule has 4 heteroatoms. The van der Waals surface area contributed by atoms with E-state index in [4.69, 9.17) is 9.47 Å². The summed E-state index contributed by atoms with van der Waals surface area (Å²) in [6, 6.07) is 7.90. The van der Waals surface area contributed by atoms with E-state index in [0.717, 1.165) is 23.2 Å². The second-order valence-corrected chi connectivity index (χ2v) is 5.79. The maximum absolute atomic E-state index is 5.91. The molecule has 16 heavy (non-hydrogen) atoms. The van der Waals surface area contributed by atoms with E-state index in [9.17, 15) is 0 Å². The standard InChI is InChI=1S/C12H14Br2O2/c1-2-15-12-9(14)7-11(12)16-10-6-4-3-5-8(10)13/h3-6,9,11-12H,2,7H2,1H3. The van der Waals surface area contributed by atoms with Crippen molar-refractivity contribution in [2.75, 3.05) is 6.61 Å². The predicted molar refractivity (Wildman–Crippen MR) is 71.3 cm³/mol. The van der Waals surface area contributed by atoms with E-state index in [0.29, 0.717) is 4.83 Å². The first kappa shape index (κ1) is 12.4. The number of benzene rings is 1. The molecular weight excluding hydrogens is 336 g/mol. The van der Waals surface area contributed by atoms with E-state index in [-0.39, 0.29) is 12.2 Å². The van der Waals surface area contributed by atoms with Gasteiger partial charge in [0.2, 0.25) is 0 Å². The van der Waals surface area contributed by atoms with E-state index < -0.39 is 0 Å². The summed E-state index contributed by atoms with van der Waals surface area (Å²) < 4.78 is 12.5. The van der Waals surface area contributed by atoms with Crippen LogP contribution in [0, 0.1) is 0 Å². The highest BCUT2D eigenvalue weighted by Crippen LogP contribution is 2.36. The molecule has 0 bridgehead atoms. The van der Waals surface area contributed by atoms with Gasteiger partial charge in [0, 0.05) is 17.9 Å². The van der Waals surface area contributed by atoms with Gasteiger partial charge in [-0.1, -0.05) is 28.1 Å². The van der Waals surface area contributed by atoms with Gasteiger partial charge < -0.3 is 9.47 Å². The lowest BCUT2D eigenvalue weighted by molar-refractivity contribution is -0.0725.